The zero-order chi connectivity index (χ0) is 11.8. The maximum absolute atomic E-state index is 11.5. The number of imidazole rings is 1. The zero-order valence-electron chi connectivity index (χ0n) is 9.04. The normalized spacial score (nSPS) is 24.5. The van der Waals surface area contributed by atoms with E-state index in [4.69, 9.17) is 9.84 Å². The molecule has 0 radical (unpaired) electrons. The van der Waals surface area contributed by atoms with Crippen molar-refractivity contribution >= 4 is 11.2 Å². The molecule has 0 aromatic carbocycles. The van der Waals surface area contributed by atoms with Gasteiger partial charge < -0.3 is 14.8 Å². The Morgan fingerprint density at radius 2 is 2.41 bits per heavy atom. The van der Waals surface area contributed by atoms with E-state index in [0.29, 0.717) is 11.2 Å². The third-order valence-corrected chi connectivity index (χ3v) is 2.96. The lowest BCUT2D eigenvalue weighted by Crippen LogP contribution is -2.14. The zero-order valence-corrected chi connectivity index (χ0v) is 9.04. The highest BCUT2D eigenvalue weighted by molar-refractivity contribution is 5.68. The number of hydrogen-bond acceptors (Lipinski definition) is 5. The Morgan fingerprint density at radius 1 is 1.53 bits per heavy atom. The highest BCUT2D eigenvalue weighted by Crippen LogP contribution is 2.29. The highest BCUT2D eigenvalue weighted by Gasteiger charge is 2.27. The summed E-state index contributed by atoms with van der Waals surface area (Å²) in [5.74, 6) is 0. The van der Waals surface area contributed by atoms with Gasteiger partial charge in [-0.1, -0.05) is 0 Å². The molecule has 1 unspecified atom stereocenters. The van der Waals surface area contributed by atoms with Gasteiger partial charge in [0.1, 0.15) is 6.23 Å². The number of nitrogens with zero attached hydrogens (tertiary/aromatic N) is 3. The van der Waals surface area contributed by atoms with Crippen LogP contribution in [0.4, 0.5) is 0 Å². The van der Waals surface area contributed by atoms with Crippen LogP contribution in [0, 0.1) is 0 Å². The standard InChI is InChI=1S/C10H12N4O3/c15-3-6-1-2-7(17-6)14-5-13-8-9(14)11-4-12-10(8)16/h4-7,15H,1-3H2,(H,11,12,16)/t6?,7-/m0/s1. The van der Waals surface area contributed by atoms with E-state index in [0.717, 1.165) is 12.8 Å². The topological polar surface area (TPSA) is 93.0 Å². The van der Waals surface area contributed by atoms with Crippen LogP contribution in [0.1, 0.15) is 19.1 Å². The van der Waals surface area contributed by atoms with Crippen molar-refractivity contribution < 1.29 is 9.84 Å². The molecule has 7 heteroatoms. The van der Waals surface area contributed by atoms with Gasteiger partial charge in [0.25, 0.3) is 5.56 Å². The van der Waals surface area contributed by atoms with Gasteiger partial charge in [-0.25, -0.2) is 9.97 Å². The summed E-state index contributed by atoms with van der Waals surface area (Å²) in [4.78, 5) is 22.1. The summed E-state index contributed by atoms with van der Waals surface area (Å²) in [6.07, 6.45) is 4.14. The minimum atomic E-state index is -0.259. The SMILES string of the molecule is O=c1[nH]cnc2c1ncn2[C@@H]1CCC(CO)O1. The number of hydrogen-bond donors (Lipinski definition) is 2. The summed E-state index contributed by atoms with van der Waals surface area (Å²) in [6.45, 7) is 0.0111. The Kier molecular flexibility index (Phi) is 2.41. The predicted octanol–water partition coefficient (Wildman–Crippen LogP) is -0.211. The first-order chi connectivity index (χ1) is 8.29. The quantitative estimate of drug-likeness (QED) is 0.752. The van der Waals surface area contributed by atoms with Crippen molar-refractivity contribution in [2.24, 2.45) is 0 Å². The first-order valence-corrected chi connectivity index (χ1v) is 5.46. The Balaban J connectivity index is 2.02. The fourth-order valence-corrected chi connectivity index (χ4v) is 2.10. The number of aliphatic hydroxyl groups excluding tert-OH is 1. The molecule has 17 heavy (non-hydrogen) atoms. The van der Waals surface area contributed by atoms with E-state index in [1.54, 1.807) is 10.9 Å². The summed E-state index contributed by atoms with van der Waals surface area (Å²) in [7, 11) is 0. The lowest BCUT2D eigenvalue weighted by atomic mass is 10.2. The second-order valence-corrected chi connectivity index (χ2v) is 4.03. The van der Waals surface area contributed by atoms with Crippen molar-refractivity contribution in [3.8, 4) is 0 Å². The molecule has 2 aromatic heterocycles. The number of aliphatic hydroxyl groups is 1. The molecule has 0 aliphatic carbocycles. The van der Waals surface area contributed by atoms with E-state index in [1.165, 1.54) is 6.33 Å². The van der Waals surface area contributed by atoms with E-state index < -0.39 is 0 Å². The summed E-state index contributed by atoms with van der Waals surface area (Å²) < 4.78 is 7.36. The third kappa shape index (κ3) is 1.63. The van der Waals surface area contributed by atoms with E-state index in [2.05, 4.69) is 15.0 Å². The van der Waals surface area contributed by atoms with E-state index in [1.807, 2.05) is 0 Å². The molecule has 2 atom stereocenters. The molecule has 1 aliphatic rings. The van der Waals surface area contributed by atoms with Gasteiger partial charge in [0.05, 0.1) is 25.4 Å². The van der Waals surface area contributed by atoms with Gasteiger partial charge in [0, 0.05) is 0 Å². The Hall–Kier alpha value is -1.73. The lowest BCUT2D eigenvalue weighted by molar-refractivity contribution is -0.0207. The summed E-state index contributed by atoms with van der Waals surface area (Å²) in [5, 5.41) is 9.02. The Labute approximate surface area is 96.1 Å². The van der Waals surface area contributed by atoms with Gasteiger partial charge in [0.15, 0.2) is 11.2 Å². The molecule has 3 rings (SSSR count). The first-order valence-electron chi connectivity index (χ1n) is 5.46. The fraction of sp³-hybridized carbons (Fsp3) is 0.500. The minimum absolute atomic E-state index is 0.0111. The van der Waals surface area contributed by atoms with Gasteiger partial charge in [-0.05, 0) is 12.8 Å². The van der Waals surface area contributed by atoms with E-state index >= 15 is 0 Å². The van der Waals surface area contributed by atoms with Crippen LogP contribution < -0.4 is 5.56 Å². The molecule has 0 bridgehead atoms. The van der Waals surface area contributed by atoms with Crippen LogP contribution in [0.2, 0.25) is 0 Å². The van der Waals surface area contributed by atoms with Gasteiger partial charge >= 0.3 is 0 Å². The van der Waals surface area contributed by atoms with Crippen LogP contribution in [0.25, 0.3) is 11.2 Å². The molecule has 7 nitrogen and oxygen atoms in total. The second-order valence-electron chi connectivity index (χ2n) is 4.03. The van der Waals surface area contributed by atoms with Gasteiger partial charge in [0.2, 0.25) is 0 Å². The molecule has 3 heterocycles. The molecular formula is C10H12N4O3. The van der Waals surface area contributed by atoms with Gasteiger partial charge in [-0.3, -0.25) is 9.36 Å². The molecule has 0 amide bonds. The fourth-order valence-electron chi connectivity index (χ4n) is 2.10. The van der Waals surface area contributed by atoms with Crippen LogP contribution in [0.15, 0.2) is 17.4 Å². The summed E-state index contributed by atoms with van der Waals surface area (Å²) in [6, 6.07) is 0. The van der Waals surface area contributed by atoms with E-state index in [9.17, 15) is 4.79 Å². The number of ether oxygens (including phenoxy) is 1. The maximum Gasteiger partial charge on any atom is 0.278 e. The molecule has 2 aromatic rings. The lowest BCUT2D eigenvalue weighted by Gasteiger charge is -2.13. The van der Waals surface area contributed by atoms with Crippen LogP contribution in [-0.4, -0.2) is 37.3 Å². The number of aromatic nitrogens is 4. The number of rotatable bonds is 2. The highest BCUT2D eigenvalue weighted by atomic mass is 16.5. The molecule has 0 saturated carbocycles. The Morgan fingerprint density at radius 3 is 3.18 bits per heavy atom. The molecule has 2 N–H and O–H groups in total. The number of aromatic amines is 1. The summed E-state index contributed by atoms with van der Waals surface area (Å²) in [5.41, 5.74) is 0.561. The molecule has 0 spiro atoms. The monoisotopic (exact) mass is 236 g/mol. The van der Waals surface area contributed by atoms with Crippen LogP contribution >= 0.6 is 0 Å². The van der Waals surface area contributed by atoms with Crippen LogP contribution in [-0.2, 0) is 4.74 Å². The minimum Gasteiger partial charge on any atom is -0.394 e. The van der Waals surface area contributed by atoms with Crippen molar-refractivity contribution in [3.05, 3.63) is 23.0 Å². The number of H-pyrrole nitrogens is 1. The number of fused-ring (bicyclic) bond motifs is 1. The third-order valence-electron chi connectivity index (χ3n) is 2.96. The Bertz CT molecular complexity index is 590. The van der Waals surface area contributed by atoms with Crippen molar-refractivity contribution in [1.82, 2.24) is 19.5 Å². The molecule has 1 fully saturated rings. The summed E-state index contributed by atoms with van der Waals surface area (Å²) >= 11 is 0. The van der Waals surface area contributed by atoms with Crippen LogP contribution in [0.3, 0.4) is 0 Å². The first kappa shape index (κ1) is 10.4. The van der Waals surface area contributed by atoms with Gasteiger partial charge in [-0.2, -0.15) is 0 Å². The molecule has 90 valence electrons. The average molecular weight is 236 g/mol. The van der Waals surface area contributed by atoms with Gasteiger partial charge in [-0.15, -0.1) is 0 Å². The van der Waals surface area contributed by atoms with Crippen molar-refractivity contribution in [2.45, 2.75) is 25.2 Å². The molecular weight excluding hydrogens is 224 g/mol. The van der Waals surface area contributed by atoms with Crippen molar-refractivity contribution in [2.75, 3.05) is 6.61 Å². The maximum atomic E-state index is 11.5. The molecule has 1 aliphatic heterocycles. The largest absolute Gasteiger partial charge is 0.394 e. The second kappa shape index (κ2) is 3.94. The van der Waals surface area contributed by atoms with E-state index in [-0.39, 0.29) is 24.5 Å². The van der Waals surface area contributed by atoms with Crippen molar-refractivity contribution in [3.63, 3.8) is 0 Å². The smallest absolute Gasteiger partial charge is 0.278 e. The number of nitrogens with one attached hydrogen (secondary N) is 1. The molecule has 1 saturated heterocycles. The average Bonchev–Trinajstić information content (AvgIpc) is 2.94. The predicted molar refractivity (Wildman–Crippen MR) is 58.4 cm³/mol. The van der Waals surface area contributed by atoms with Crippen molar-refractivity contribution in [1.29, 1.82) is 0 Å². The van der Waals surface area contributed by atoms with Crippen LogP contribution in [0.5, 0.6) is 0 Å².